The molecule has 0 radical (unpaired) electrons. The Morgan fingerprint density at radius 3 is 1.62 bits per heavy atom. The Kier molecular flexibility index (Phi) is 31.1. The van der Waals surface area contributed by atoms with Crippen molar-refractivity contribution in [2.75, 3.05) is 12.5 Å². The predicted octanol–water partition coefficient (Wildman–Crippen LogP) is -4.17. The van der Waals surface area contributed by atoms with Gasteiger partial charge in [-0.2, -0.15) is 5.97 Å². The molecule has 0 aliphatic carbocycles. The second kappa shape index (κ2) is 15.6. The van der Waals surface area contributed by atoms with Crippen molar-refractivity contribution in [3.05, 3.63) is 0 Å². The molecule has 0 saturated carbocycles. The Labute approximate surface area is 75.8 Å². The molecule has 8 heavy (non-hydrogen) atoms. The van der Waals surface area contributed by atoms with Crippen LogP contribution < -0.4 is 29.6 Å². The maximum Gasteiger partial charge on any atom is 1.00 e. The van der Waals surface area contributed by atoms with E-state index in [0.29, 0.717) is 0 Å². The van der Waals surface area contributed by atoms with Gasteiger partial charge in [-0.3, -0.25) is 9.47 Å². The molecule has 0 aromatic rings. The van der Waals surface area contributed by atoms with Crippen LogP contribution in [0.4, 0.5) is 0 Å². The molecule has 0 aliphatic rings. The third-order valence-electron chi connectivity index (χ3n) is 0. The molecule has 0 N–H and O–H groups in total. The van der Waals surface area contributed by atoms with Crippen molar-refractivity contribution in [3.63, 3.8) is 0 Å². The molecule has 0 aliphatic heterocycles. The molecule has 2 nitrogen and oxygen atoms in total. The zero-order chi connectivity index (χ0) is 6.28. The van der Waals surface area contributed by atoms with Gasteiger partial charge in [0.25, 0.3) is 0 Å². The van der Waals surface area contributed by atoms with Crippen LogP contribution in [0.25, 0.3) is 0 Å². The van der Waals surface area contributed by atoms with Crippen LogP contribution in [-0.4, -0.2) is 24.6 Å². The first-order chi connectivity index (χ1) is 3.15. The van der Waals surface area contributed by atoms with Gasteiger partial charge >= 0.3 is 29.6 Å². The molecule has 0 saturated heterocycles. The molecule has 0 fully saturated rings. The molecule has 5 heteroatoms. The molecule has 0 heterocycles. The van der Waals surface area contributed by atoms with Gasteiger partial charge in [-0.15, -0.1) is 0 Å². The second-order valence-corrected chi connectivity index (χ2v) is 2.22. The summed E-state index contributed by atoms with van der Waals surface area (Å²) in [4.78, 5) is 0. The third-order valence-corrected chi connectivity index (χ3v) is 0. The van der Waals surface area contributed by atoms with Crippen molar-refractivity contribution in [1.29, 1.82) is 5.26 Å². The average molecular weight is 141 g/mol. The van der Waals surface area contributed by atoms with Gasteiger partial charge in [-0.05, 0) is 0 Å². The zero-order valence-corrected chi connectivity index (χ0v) is 7.58. The molecule has 0 atom stereocenters. The van der Waals surface area contributed by atoms with E-state index in [0.717, 1.165) is 0 Å². The molecule has 42 valence electrons. The van der Waals surface area contributed by atoms with Crippen LogP contribution in [0, 0.1) is 11.2 Å². The molecular weight excluding hydrogens is 132 g/mol. The van der Waals surface area contributed by atoms with Crippen LogP contribution in [-0.2, 0) is 10.8 Å². The summed E-state index contributed by atoms with van der Waals surface area (Å²) in [6.07, 6.45) is 3.28. The van der Waals surface area contributed by atoms with Crippen LogP contribution in [0.2, 0.25) is 0 Å². The average Bonchev–Trinajstić information content (AvgIpc) is 1.33. The van der Waals surface area contributed by atoms with Gasteiger partial charge in [0.1, 0.15) is 0 Å². The molecule has 0 bridgehead atoms. The topological polar surface area (TPSA) is 40.9 Å². The summed E-state index contributed by atoms with van der Waals surface area (Å²) in [6.45, 7) is 0. The first-order valence-electron chi connectivity index (χ1n) is 1.21. The van der Waals surface area contributed by atoms with Crippen molar-refractivity contribution in [1.82, 2.24) is 0 Å². The largest absolute Gasteiger partial charge is 1.00 e. The van der Waals surface area contributed by atoms with Crippen molar-refractivity contribution >= 4 is 18.6 Å². The fourth-order valence-corrected chi connectivity index (χ4v) is 0. The number of nitrogens with zero attached hydrogens (tertiary/aromatic N) is 1. The molecule has 0 rings (SSSR count). The number of hydrogen-bond donors (Lipinski definition) is 0. The van der Waals surface area contributed by atoms with Crippen LogP contribution >= 0.6 is 0 Å². The maximum atomic E-state index is 9.56. The summed E-state index contributed by atoms with van der Waals surface area (Å²) >= 11 is 0. The van der Waals surface area contributed by atoms with E-state index < -0.39 is 10.8 Å². The van der Waals surface area contributed by atoms with Crippen LogP contribution in [0.3, 0.4) is 0 Å². The Morgan fingerprint density at radius 2 is 1.62 bits per heavy atom. The minimum absolute atomic E-state index is 0. The van der Waals surface area contributed by atoms with Gasteiger partial charge in [-0.25, -0.2) is 0 Å². The molecule has 0 amide bonds. The number of rotatable bonds is 0. The van der Waals surface area contributed by atoms with Crippen molar-refractivity contribution in [3.8, 4) is 5.97 Å². The van der Waals surface area contributed by atoms with E-state index in [2.05, 4.69) is 0 Å². The molecule has 0 spiro atoms. The van der Waals surface area contributed by atoms with Crippen LogP contribution in [0.15, 0.2) is 0 Å². The Balaban J connectivity index is -0.0000000575. The SMILES string of the molecule is CS(C)=O.[BH3-]C#N.[Na+]. The monoisotopic (exact) mass is 141 g/mol. The van der Waals surface area contributed by atoms with E-state index in [1.165, 1.54) is 0 Å². The van der Waals surface area contributed by atoms with Gasteiger partial charge in [0, 0.05) is 23.3 Å². The normalized spacial score (nSPS) is 5.38. The fraction of sp³-hybridized carbons (Fsp3) is 0.667. The van der Waals surface area contributed by atoms with Crippen LogP contribution in [0.5, 0.6) is 0 Å². The third kappa shape index (κ3) is 439. The summed E-state index contributed by atoms with van der Waals surface area (Å²) in [5.74, 6) is 2.00. The smallest absolute Gasteiger partial charge is 0.260 e. The quantitative estimate of drug-likeness (QED) is 0.321. The number of hydrogen-bond acceptors (Lipinski definition) is 2. The Bertz CT molecular complexity index is 87.8. The van der Waals surface area contributed by atoms with Gasteiger partial charge in [-0.1, -0.05) is 0 Å². The van der Waals surface area contributed by atoms with Crippen molar-refractivity contribution in [2.24, 2.45) is 0 Å². The Hall–Kier alpha value is 0.705. The fourth-order valence-electron chi connectivity index (χ4n) is 0. The van der Waals surface area contributed by atoms with Gasteiger partial charge < -0.3 is 0 Å². The summed E-state index contributed by atoms with van der Waals surface area (Å²) in [5, 5.41) is 7.43. The molecular formula is C3H9BNNaOS. The maximum absolute atomic E-state index is 9.56. The summed E-state index contributed by atoms with van der Waals surface area (Å²) < 4.78 is 9.56. The molecule has 0 aromatic carbocycles. The van der Waals surface area contributed by atoms with E-state index in [1.54, 1.807) is 12.5 Å². The van der Waals surface area contributed by atoms with Gasteiger partial charge in [0.05, 0.1) is 7.85 Å². The number of nitriles is 1. The first kappa shape index (κ1) is 15.9. The summed E-state index contributed by atoms with van der Waals surface area (Å²) in [6, 6.07) is 0. The van der Waals surface area contributed by atoms with E-state index in [1.807, 2.05) is 5.97 Å². The van der Waals surface area contributed by atoms with E-state index in [-0.39, 0.29) is 37.4 Å². The van der Waals surface area contributed by atoms with E-state index in [4.69, 9.17) is 5.26 Å². The molecule has 0 unspecified atom stereocenters. The standard InChI is InChI=1S/C2H6OS.CH3BN.Na/c1-4(2)3;2-1-3;/h1-2H3;2H3;/q;-1;+1. The first-order valence-corrected chi connectivity index (χ1v) is 3.17. The Morgan fingerprint density at radius 1 is 1.62 bits per heavy atom. The summed E-state index contributed by atoms with van der Waals surface area (Å²) in [5.41, 5.74) is 0. The minimum atomic E-state index is -0.611. The minimum Gasteiger partial charge on any atom is -0.260 e. The van der Waals surface area contributed by atoms with Crippen molar-refractivity contribution < 1.29 is 33.8 Å². The summed E-state index contributed by atoms with van der Waals surface area (Å²) in [7, 11) is -0.542. The predicted molar refractivity (Wildman–Crippen MR) is 35.5 cm³/mol. The molecule has 0 aromatic heterocycles. The van der Waals surface area contributed by atoms with Gasteiger partial charge in [0.2, 0.25) is 0 Å². The van der Waals surface area contributed by atoms with E-state index in [9.17, 15) is 4.21 Å². The van der Waals surface area contributed by atoms with Crippen LogP contribution in [0.1, 0.15) is 0 Å². The van der Waals surface area contributed by atoms with Gasteiger partial charge in [0.15, 0.2) is 0 Å². The second-order valence-electron chi connectivity index (χ2n) is 0.742. The van der Waals surface area contributed by atoms with E-state index >= 15 is 0 Å². The zero-order valence-electron chi connectivity index (χ0n) is 4.76. The van der Waals surface area contributed by atoms with Crippen molar-refractivity contribution in [2.45, 2.75) is 0 Å².